The van der Waals surface area contributed by atoms with Crippen LogP contribution < -0.4 is 20.7 Å². The third-order valence-corrected chi connectivity index (χ3v) is 3.70. The van der Waals surface area contributed by atoms with E-state index in [1.54, 1.807) is 19.2 Å². The summed E-state index contributed by atoms with van der Waals surface area (Å²) in [5.74, 6) is 0.670. The Morgan fingerprint density at radius 2 is 1.93 bits per heavy atom. The topological polar surface area (TPSA) is 74.8 Å². The highest BCUT2D eigenvalue weighted by Crippen LogP contribution is 2.11. The van der Waals surface area contributed by atoms with E-state index in [9.17, 15) is 9.18 Å². The number of aliphatic imine (C=N–C) groups is 1. The summed E-state index contributed by atoms with van der Waals surface area (Å²) in [6.07, 6.45) is 0.809. The maximum atomic E-state index is 13.1. The van der Waals surface area contributed by atoms with Crippen LogP contribution in [0.3, 0.4) is 0 Å². The lowest BCUT2D eigenvalue weighted by atomic mass is 10.1. The average Bonchev–Trinajstić information content (AvgIpc) is 2.66. The predicted octanol–water partition coefficient (Wildman–Crippen LogP) is 2.57. The fourth-order valence-corrected chi connectivity index (χ4v) is 2.38. The minimum Gasteiger partial charge on any atom is -0.497 e. The molecule has 0 unspecified atom stereocenters. The number of hydrogen-bond acceptors (Lipinski definition) is 3. The molecule has 2 aromatic carbocycles. The van der Waals surface area contributed by atoms with Gasteiger partial charge >= 0.3 is 0 Å². The van der Waals surface area contributed by atoms with Gasteiger partial charge in [0.25, 0.3) is 0 Å². The van der Waals surface area contributed by atoms with E-state index in [2.05, 4.69) is 20.9 Å². The van der Waals surface area contributed by atoms with Crippen LogP contribution in [0.15, 0.2) is 53.5 Å². The van der Waals surface area contributed by atoms with Gasteiger partial charge in [0.05, 0.1) is 7.11 Å². The van der Waals surface area contributed by atoms with Gasteiger partial charge in [-0.3, -0.25) is 4.79 Å². The van der Waals surface area contributed by atoms with Crippen molar-refractivity contribution in [1.29, 1.82) is 0 Å². The Hall–Kier alpha value is -3.09. The molecule has 27 heavy (non-hydrogen) atoms. The second-order valence-corrected chi connectivity index (χ2v) is 5.78. The third kappa shape index (κ3) is 7.35. The molecule has 6 nitrogen and oxygen atoms in total. The highest BCUT2D eigenvalue weighted by Gasteiger charge is 2.04. The summed E-state index contributed by atoms with van der Waals surface area (Å²) in [6, 6.07) is 13.6. The minimum atomic E-state index is -0.398. The second-order valence-electron chi connectivity index (χ2n) is 5.78. The molecule has 1 amide bonds. The standard InChI is InChI=1S/C20H25FN4O2/c1-3-22-20(23-12-11-15-7-9-18(27-2)10-8-15)24-14-19(26)25-17-6-4-5-16(21)13-17/h4-10,13H,3,11-12,14H2,1-2H3,(H,25,26)(H2,22,23,24). The lowest BCUT2D eigenvalue weighted by Gasteiger charge is -2.11. The number of rotatable bonds is 8. The van der Waals surface area contributed by atoms with E-state index in [0.717, 1.165) is 12.2 Å². The molecule has 3 N–H and O–H groups in total. The van der Waals surface area contributed by atoms with Crippen LogP contribution in [0, 0.1) is 5.82 Å². The Labute approximate surface area is 158 Å². The summed E-state index contributed by atoms with van der Waals surface area (Å²) in [6.45, 7) is 3.24. The van der Waals surface area contributed by atoms with Crippen LogP contribution in [0.2, 0.25) is 0 Å². The number of nitrogens with zero attached hydrogens (tertiary/aromatic N) is 1. The first-order valence-electron chi connectivity index (χ1n) is 8.81. The van der Waals surface area contributed by atoms with E-state index in [1.807, 2.05) is 31.2 Å². The molecule has 0 fully saturated rings. The van der Waals surface area contributed by atoms with Crippen LogP contribution in [0.5, 0.6) is 5.75 Å². The number of ether oxygens (including phenoxy) is 1. The molecule has 0 saturated carbocycles. The number of nitrogens with one attached hydrogen (secondary N) is 3. The largest absolute Gasteiger partial charge is 0.497 e. The summed E-state index contributed by atoms with van der Waals surface area (Å²) < 4.78 is 18.3. The van der Waals surface area contributed by atoms with Crippen LogP contribution in [-0.4, -0.2) is 38.6 Å². The summed E-state index contributed by atoms with van der Waals surface area (Å²) in [4.78, 5) is 16.2. The fourth-order valence-electron chi connectivity index (χ4n) is 2.38. The number of guanidine groups is 1. The van der Waals surface area contributed by atoms with Gasteiger partial charge in [-0.1, -0.05) is 18.2 Å². The minimum absolute atomic E-state index is 0.0611. The van der Waals surface area contributed by atoms with Crippen LogP contribution in [0.1, 0.15) is 12.5 Å². The molecule has 7 heteroatoms. The van der Waals surface area contributed by atoms with Crippen molar-refractivity contribution in [3.8, 4) is 5.75 Å². The van der Waals surface area contributed by atoms with Crippen LogP contribution in [0.4, 0.5) is 10.1 Å². The fraction of sp³-hybridized carbons (Fsp3) is 0.300. The van der Waals surface area contributed by atoms with Gasteiger partial charge < -0.3 is 20.7 Å². The number of anilines is 1. The Bertz CT molecular complexity index is 763. The number of carbonyl (C=O) groups excluding carboxylic acids is 1. The van der Waals surface area contributed by atoms with Gasteiger partial charge in [-0.25, -0.2) is 9.38 Å². The normalized spacial score (nSPS) is 11.0. The summed E-state index contributed by atoms with van der Waals surface area (Å²) in [5.41, 5.74) is 1.58. The average molecular weight is 372 g/mol. The Morgan fingerprint density at radius 1 is 1.15 bits per heavy atom. The first-order valence-corrected chi connectivity index (χ1v) is 8.81. The number of carbonyl (C=O) groups is 1. The smallest absolute Gasteiger partial charge is 0.246 e. The van der Waals surface area contributed by atoms with Crippen molar-refractivity contribution in [3.63, 3.8) is 0 Å². The van der Waals surface area contributed by atoms with Gasteiger partial charge in [-0.2, -0.15) is 0 Å². The molecule has 0 saturated heterocycles. The molecule has 2 rings (SSSR count). The first-order chi connectivity index (χ1) is 13.1. The van der Waals surface area contributed by atoms with E-state index in [4.69, 9.17) is 4.74 Å². The van der Waals surface area contributed by atoms with Gasteiger partial charge in [0, 0.05) is 18.8 Å². The number of halogens is 1. The zero-order valence-corrected chi connectivity index (χ0v) is 15.6. The van der Waals surface area contributed by atoms with E-state index in [-0.39, 0.29) is 12.5 Å². The number of methoxy groups -OCH3 is 1. The zero-order chi connectivity index (χ0) is 19.5. The van der Waals surface area contributed by atoms with Gasteiger partial charge in [0.15, 0.2) is 5.96 Å². The summed E-state index contributed by atoms with van der Waals surface area (Å²) >= 11 is 0. The van der Waals surface area contributed by atoms with Gasteiger partial charge in [0.1, 0.15) is 18.1 Å². The summed E-state index contributed by atoms with van der Waals surface area (Å²) in [5, 5.41) is 8.91. The molecule has 0 bridgehead atoms. The molecule has 0 radical (unpaired) electrons. The molecule has 0 spiro atoms. The van der Waals surface area contributed by atoms with Crippen LogP contribution in [0.25, 0.3) is 0 Å². The molecule has 0 aromatic heterocycles. The van der Waals surface area contributed by atoms with Crippen molar-refractivity contribution in [2.45, 2.75) is 13.3 Å². The second kappa shape index (κ2) is 10.8. The van der Waals surface area contributed by atoms with Crippen molar-refractivity contribution < 1.29 is 13.9 Å². The lowest BCUT2D eigenvalue weighted by Crippen LogP contribution is -2.39. The van der Waals surface area contributed by atoms with Gasteiger partial charge in [-0.05, 0) is 49.2 Å². The third-order valence-electron chi connectivity index (χ3n) is 3.70. The molecule has 0 aliphatic carbocycles. The molecule has 0 heterocycles. The Balaban J connectivity index is 1.82. The molecule has 0 aliphatic heterocycles. The first kappa shape index (κ1) is 20.2. The molecular weight excluding hydrogens is 347 g/mol. The molecule has 0 aliphatic rings. The van der Waals surface area contributed by atoms with Crippen molar-refractivity contribution in [1.82, 2.24) is 10.6 Å². The number of hydrogen-bond donors (Lipinski definition) is 3. The maximum absolute atomic E-state index is 13.1. The molecular formula is C20H25FN4O2. The van der Waals surface area contributed by atoms with Crippen molar-refractivity contribution in [2.75, 3.05) is 32.1 Å². The Morgan fingerprint density at radius 3 is 2.59 bits per heavy atom. The highest BCUT2D eigenvalue weighted by atomic mass is 19.1. The van der Waals surface area contributed by atoms with Crippen LogP contribution in [-0.2, 0) is 11.2 Å². The number of amides is 1. The quantitative estimate of drug-likeness (QED) is 0.492. The van der Waals surface area contributed by atoms with Crippen molar-refractivity contribution in [3.05, 3.63) is 59.9 Å². The number of benzene rings is 2. The summed E-state index contributed by atoms with van der Waals surface area (Å²) in [7, 11) is 1.64. The van der Waals surface area contributed by atoms with E-state index < -0.39 is 5.82 Å². The van der Waals surface area contributed by atoms with Crippen LogP contribution >= 0.6 is 0 Å². The maximum Gasteiger partial charge on any atom is 0.246 e. The van der Waals surface area contributed by atoms with Gasteiger partial charge in [0.2, 0.25) is 5.91 Å². The van der Waals surface area contributed by atoms with E-state index >= 15 is 0 Å². The highest BCUT2D eigenvalue weighted by molar-refractivity contribution is 5.94. The molecule has 2 aromatic rings. The van der Waals surface area contributed by atoms with E-state index in [1.165, 1.54) is 17.7 Å². The molecule has 0 atom stereocenters. The van der Waals surface area contributed by atoms with E-state index in [0.29, 0.717) is 24.7 Å². The zero-order valence-electron chi connectivity index (χ0n) is 15.6. The van der Waals surface area contributed by atoms with Gasteiger partial charge in [-0.15, -0.1) is 0 Å². The lowest BCUT2D eigenvalue weighted by molar-refractivity contribution is -0.114. The Kier molecular flexibility index (Phi) is 8.09. The van der Waals surface area contributed by atoms with Crippen molar-refractivity contribution >= 4 is 17.6 Å². The SMILES string of the molecule is CCNC(=NCC(=O)Nc1cccc(F)c1)NCCc1ccc(OC)cc1. The predicted molar refractivity (Wildman–Crippen MR) is 106 cm³/mol. The monoisotopic (exact) mass is 372 g/mol. The molecule has 144 valence electrons. The van der Waals surface area contributed by atoms with Crippen molar-refractivity contribution in [2.24, 2.45) is 4.99 Å².